The van der Waals surface area contributed by atoms with Crippen LogP contribution >= 0.6 is 0 Å². The molecule has 0 radical (unpaired) electrons. The summed E-state index contributed by atoms with van der Waals surface area (Å²) in [5, 5.41) is 17.4. The van der Waals surface area contributed by atoms with Crippen molar-refractivity contribution in [3.05, 3.63) is 0 Å². The third-order valence-corrected chi connectivity index (χ3v) is 3.40. The minimum Gasteiger partial charge on any atom is -0.409 e. The highest BCUT2D eigenvalue weighted by atomic mass is 16.4. The van der Waals surface area contributed by atoms with Crippen molar-refractivity contribution >= 4 is 17.6 Å². The molecule has 0 rings (SSSR count). The molecule has 0 saturated carbocycles. The van der Waals surface area contributed by atoms with Crippen LogP contribution < -0.4 is 16.4 Å². The van der Waals surface area contributed by atoms with Crippen molar-refractivity contribution in [2.75, 3.05) is 13.1 Å². The van der Waals surface area contributed by atoms with Crippen LogP contribution in [0.25, 0.3) is 0 Å². The Morgan fingerprint density at radius 3 is 2.14 bits per heavy atom. The van der Waals surface area contributed by atoms with E-state index < -0.39 is 5.41 Å². The predicted octanol–water partition coefficient (Wildman–Crippen LogP) is 0.962. The molecule has 7 nitrogen and oxygen atoms in total. The zero-order valence-corrected chi connectivity index (χ0v) is 13.2. The summed E-state index contributed by atoms with van der Waals surface area (Å²) in [6.07, 6.45) is 2.69. The predicted molar refractivity (Wildman–Crippen MR) is 82.0 cm³/mol. The molecular weight excluding hydrogens is 272 g/mol. The van der Waals surface area contributed by atoms with Gasteiger partial charge in [0.1, 0.15) is 5.41 Å². The highest BCUT2D eigenvalue weighted by Gasteiger charge is 2.41. The molecule has 0 unspecified atom stereocenters. The number of hydrogen-bond acceptors (Lipinski definition) is 4. The van der Waals surface area contributed by atoms with E-state index in [2.05, 4.69) is 15.8 Å². The third kappa shape index (κ3) is 5.61. The third-order valence-electron chi connectivity index (χ3n) is 3.40. The van der Waals surface area contributed by atoms with Crippen LogP contribution in [0.4, 0.5) is 0 Å². The first-order valence-corrected chi connectivity index (χ1v) is 7.51. The number of amidine groups is 1. The second-order valence-corrected chi connectivity index (χ2v) is 5.03. The van der Waals surface area contributed by atoms with E-state index in [0.29, 0.717) is 19.4 Å². The van der Waals surface area contributed by atoms with Crippen LogP contribution in [0.2, 0.25) is 0 Å². The summed E-state index contributed by atoms with van der Waals surface area (Å²) in [7, 11) is 0. The molecule has 0 bridgehead atoms. The Kier molecular flexibility index (Phi) is 9.16. The van der Waals surface area contributed by atoms with Crippen molar-refractivity contribution in [1.82, 2.24) is 10.6 Å². The largest absolute Gasteiger partial charge is 0.409 e. The van der Waals surface area contributed by atoms with Crippen LogP contribution in [0, 0.1) is 5.41 Å². The van der Waals surface area contributed by atoms with Crippen LogP contribution in [-0.2, 0) is 9.59 Å². The maximum atomic E-state index is 12.5. The Balaban J connectivity index is 4.83. The molecule has 0 fully saturated rings. The van der Waals surface area contributed by atoms with E-state index in [0.717, 1.165) is 12.8 Å². The van der Waals surface area contributed by atoms with E-state index in [1.165, 1.54) is 0 Å². The smallest absolute Gasteiger partial charge is 0.233 e. The van der Waals surface area contributed by atoms with Crippen LogP contribution in [0.3, 0.4) is 0 Å². The number of amides is 2. The lowest BCUT2D eigenvalue weighted by molar-refractivity contribution is -0.128. The number of hydrogen-bond donors (Lipinski definition) is 4. The van der Waals surface area contributed by atoms with Gasteiger partial charge < -0.3 is 21.6 Å². The Bertz CT molecular complexity index is 363. The minimum absolute atomic E-state index is 0.0679. The lowest BCUT2D eigenvalue weighted by Crippen LogP contribution is -2.50. The zero-order chi connectivity index (χ0) is 16.3. The normalized spacial score (nSPS) is 12.0. The van der Waals surface area contributed by atoms with Gasteiger partial charge in [0.15, 0.2) is 5.84 Å². The van der Waals surface area contributed by atoms with Crippen LogP contribution in [0.15, 0.2) is 5.16 Å². The van der Waals surface area contributed by atoms with Crippen molar-refractivity contribution in [3.8, 4) is 0 Å². The van der Waals surface area contributed by atoms with Crippen molar-refractivity contribution in [2.24, 2.45) is 16.3 Å². The molecule has 5 N–H and O–H groups in total. The maximum Gasteiger partial charge on any atom is 0.233 e. The molecule has 7 heteroatoms. The number of rotatable bonds is 10. The van der Waals surface area contributed by atoms with Gasteiger partial charge in [-0.25, -0.2) is 0 Å². The molecule has 0 atom stereocenters. The quantitative estimate of drug-likeness (QED) is 0.208. The first-order valence-electron chi connectivity index (χ1n) is 7.51. The highest BCUT2D eigenvalue weighted by Crippen LogP contribution is 2.30. The van der Waals surface area contributed by atoms with Crippen LogP contribution in [0.1, 0.15) is 52.9 Å². The van der Waals surface area contributed by atoms with Crippen molar-refractivity contribution < 1.29 is 14.8 Å². The molecule has 0 spiro atoms. The van der Waals surface area contributed by atoms with E-state index in [9.17, 15) is 9.59 Å². The van der Waals surface area contributed by atoms with E-state index in [-0.39, 0.29) is 30.6 Å². The summed E-state index contributed by atoms with van der Waals surface area (Å²) >= 11 is 0. The van der Waals surface area contributed by atoms with Gasteiger partial charge in [0, 0.05) is 19.5 Å². The van der Waals surface area contributed by atoms with Crippen molar-refractivity contribution in [3.63, 3.8) is 0 Å². The number of nitrogens with one attached hydrogen (secondary N) is 2. The molecule has 0 aromatic rings. The molecule has 0 heterocycles. The van der Waals surface area contributed by atoms with Crippen molar-refractivity contribution in [2.45, 2.75) is 52.9 Å². The second-order valence-electron chi connectivity index (χ2n) is 5.03. The number of nitrogens with two attached hydrogens (primary N) is 1. The lowest BCUT2D eigenvalue weighted by Gasteiger charge is -2.30. The van der Waals surface area contributed by atoms with Gasteiger partial charge in [0.2, 0.25) is 11.8 Å². The van der Waals surface area contributed by atoms with Crippen LogP contribution in [-0.4, -0.2) is 35.9 Å². The second kappa shape index (κ2) is 10.0. The van der Waals surface area contributed by atoms with E-state index in [1.54, 1.807) is 0 Å². The van der Waals surface area contributed by atoms with Gasteiger partial charge in [-0.05, 0) is 19.8 Å². The number of nitrogens with zero attached hydrogens (tertiary/aromatic N) is 1. The van der Waals surface area contributed by atoms with E-state index >= 15 is 0 Å². The lowest BCUT2D eigenvalue weighted by atomic mass is 9.77. The first-order chi connectivity index (χ1) is 9.98. The monoisotopic (exact) mass is 300 g/mol. The Morgan fingerprint density at radius 2 is 1.71 bits per heavy atom. The fraction of sp³-hybridized carbons (Fsp3) is 0.786. The topological polar surface area (TPSA) is 117 Å². The van der Waals surface area contributed by atoms with Gasteiger partial charge in [0.05, 0.1) is 0 Å². The molecular formula is C14H28N4O3. The molecule has 0 saturated heterocycles. The first kappa shape index (κ1) is 19.2. The summed E-state index contributed by atoms with van der Waals surface area (Å²) < 4.78 is 0. The Labute approximate surface area is 126 Å². The van der Waals surface area contributed by atoms with Gasteiger partial charge in [-0.2, -0.15) is 0 Å². The Hall–Kier alpha value is -1.79. The van der Waals surface area contributed by atoms with E-state index in [4.69, 9.17) is 10.9 Å². The van der Waals surface area contributed by atoms with Crippen LogP contribution in [0.5, 0.6) is 0 Å². The summed E-state index contributed by atoms with van der Waals surface area (Å²) in [5.41, 5.74) is 4.76. The standard InChI is InChI=1S/C14H28N4O3/c1-4-8-14(9-5-2,12(15)18-21)13(20)17-10-7-11(19)16-6-3/h21H,4-10H2,1-3H3,(H2,15,18)(H,16,19)(H,17,20). The number of carbonyl (C=O) groups excluding carboxylic acids is 2. The summed E-state index contributed by atoms with van der Waals surface area (Å²) in [4.78, 5) is 23.8. The number of oxime groups is 1. The maximum absolute atomic E-state index is 12.5. The van der Waals surface area contributed by atoms with Gasteiger partial charge in [0.25, 0.3) is 0 Å². The fourth-order valence-corrected chi connectivity index (χ4v) is 2.42. The molecule has 0 aromatic carbocycles. The molecule has 0 aliphatic carbocycles. The SMILES string of the molecule is CCCC(CCC)(C(=O)NCCC(=O)NCC)C(N)=NO. The van der Waals surface area contributed by atoms with Gasteiger partial charge in [-0.1, -0.05) is 31.8 Å². The van der Waals surface area contributed by atoms with Gasteiger partial charge in [-0.3, -0.25) is 9.59 Å². The molecule has 0 aliphatic rings. The molecule has 0 aliphatic heterocycles. The summed E-state index contributed by atoms with van der Waals surface area (Å²) in [6.45, 7) is 6.52. The summed E-state index contributed by atoms with van der Waals surface area (Å²) in [5.74, 6) is -0.467. The fourth-order valence-electron chi connectivity index (χ4n) is 2.42. The van der Waals surface area contributed by atoms with Gasteiger partial charge in [-0.15, -0.1) is 0 Å². The number of carbonyl (C=O) groups is 2. The Morgan fingerprint density at radius 1 is 1.14 bits per heavy atom. The minimum atomic E-state index is -1.00. The average molecular weight is 300 g/mol. The summed E-state index contributed by atoms with van der Waals surface area (Å²) in [6, 6.07) is 0. The molecule has 122 valence electrons. The van der Waals surface area contributed by atoms with E-state index in [1.807, 2.05) is 20.8 Å². The van der Waals surface area contributed by atoms with Crippen molar-refractivity contribution in [1.29, 1.82) is 0 Å². The zero-order valence-electron chi connectivity index (χ0n) is 13.2. The highest BCUT2D eigenvalue weighted by molar-refractivity contribution is 6.06. The molecule has 0 aromatic heterocycles. The average Bonchev–Trinajstić information content (AvgIpc) is 2.46. The van der Waals surface area contributed by atoms with Gasteiger partial charge >= 0.3 is 0 Å². The molecule has 2 amide bonds. The molecule has 21 heavy (non-hydrogen) atoms.